The highest BCUT2D eigenvalue weighted by molar-refractivity contribution is 5.89. The van der Waals surface area contributed by atoms with Gasteiger partial charge in [0.1, 0.15) is 0 Å². The molecular formula is C20H26N4O2. The Morgan fingerprint density at radius 2 is 2.04 bits per heavy atom. The molecule has 0 spiro atoms. The molecule has 2 N–H and O–H groups in total. The first-order valence-corrected chi connectivity index (χ1v) is 9.28. The number of urea groups is 1. The Kier molecular flexibility index (Phi) is 6.04. The molecular weight excluding hydrogens is 328 g/mol. The molecule has 0 atom stereocenters. The van der Waals surface area contributed by atoms with E-state index in [1.54, 1.807) is 0 Å². The summed E-state index contributed by atoms with van der Waals surface area (Å²) < 4.78 is 5.28. The maximum Gasteiger partial charge on any atom is 0.319 e. The minimum Gasteiger partial charge on any atom is -0.338 e. The van der Waals surface area contributed by atoms with Crippen molar-refractivity contribution in [1.82, 2.24) is 15.5 Å². The number of nitrogens with zero attached hydrogens (tertiary/aromatic N) is 2. The van der Waals surface area contributed by atoms with Gasteiger partial charge in [-0.05, 0) is 56.4 Å². The third-order valence-corrected chi connectivity index (χ3v) is 4.46. The first-order valence-electron chi connectivity index (χ1n) is 9.28. The topological polar surface area (TPSA) is 80.0 Å². The van der Waals surface area contributed by atoms with Gasteiger partial charge in [0.05, 0.1) is 0 Å². The molecule has 0 aliphatic heterocycles. The lowest BCUT2D eigenvalue weighted by atomic mass is 9.97. The number of hydrogen-bond donors (Lipinski definition) is 2. The van der Waals surface area contributed by atoms with E-state index in [0.29, 0.717) is 18.3 Å². The van der Waals surface area contributed by atoms with Crippen LogP contribution in [0.1, 0.15) is 57.7 Å². The Balaban J connectivity index is 1.48. The first kappa shape index (κ1) is 18.2. The second-order valence-corrected chi connectivity index (χ2v) is 6.93. The molecule has 0 fully saturated rings. The van der Waals surface area contributed by atoms with E-state index in [2.05, 4.69) is 26.9 Å². The van der Waals surface area contributed by atoms with Gasteiger partial charge in [-0.25, -0.2) is 4.79 Å². The summed E-state index contributed by atoms with van der Waals surface area (Å²) in [5.74, 6) is 1.40. The van der Waals surface area contributed by atoms with Gasteiger partial charge in [0.2, 0.25) is 0 Å². The summed E-state index contributed by atoms with van der Waals surface area (Å²) in [6.07, 6.45) is 8.14. The fraction of sp³-hybridized carbons (Fsp3) is 0.450. The molecule has 0 saturated carbocycles. The summed E-state index contributed by atoms with van der Waals surface area (Å²) in [5.41, 5.74) is 3.02. The van der Waals surface area contributed by atoms with Gasteiger partial charge in [-0.2, -0.15) is 4.98 Å². The van der Waals surface area contributed by atoms with Crippen LogP contribution in [-0.2, 0) is 0 Å². The minimum absolute atomic E-state index is 0.186. The number of hydrogen-bond acceptors (Lipinski definition) is 4. The van der Waals surface area contributed by atoms with Crippen molar-refractivity contribution in [1.29, 1.82) is 0 Å². The van der Waals surface area contributed by atoms with E-state index in [4.69, 9.17) is 4.52 Å². The summed E-state index contributed by atoms with van der Waals surface area (Å²) in [4.78, 5) is 16.4. The van der Waals surface area contributed by atoms with E-state index in [1.165, 1.54) is 31.3 Å². The highest BCUT2D eigenvalue weighted by atomic mass is 16.5. The molecule has 1 aliphatic carbocycles. The second-order valence-electron chi connectivity index (χ2n) is 6.93. The van der Waals surface area contributed by atoms with E-state index in [-0.39, 0.29) is 11.9 Å². The lowest BCUT2D eigenvalue weighted by molar-refractivity contribution is 0.252. The molecule has 2 amide bonds. The third kappa shape index (κ3) is 4.94. The summed E-state index contributed by atoms with van der Waals surface area (Å²) in [7, 11) is 0. The number of nitrogens with one attached hydrogen (secondary N) is 2. The Hall–Kier alpha value is -2.63. The van der Waals surface area contributed by atoms with E-state index >= 15 is 0 Å². The number of benzene rings is 1. The fourth-order valence-corrected chi connectivity index (χ4v) is 2.93. The number of allylic oxidation sites excluding steroid dienone is 1. The number of rotatable bonds is 6. The summed E-state index contributed by atoms with van der Waals surface area (Å²) in [6, 6.07) is 7.20. The van der Waals surface area contributed by atoms with Crippen molar-refractivity contribution in [2.24, 2.45) is 0 Å². The largest absolute Gasteiger partial charge is 0.338 e. The van der Waals surface area contributed by atoms with Crippen molar-refractivity contribution >= 4 is 11.7 Å². The third-order valence-electron chi connectivity index (χ3n) is 4.46. The van der Waals surface area contributed by atoms with Crippen LogP contribution in [0.2, 0.25) is 0 Å². The molecule has 0 bridgehead atoms. The molecule has 6 nitrogen and oxygen atoms in total. The van der Waals surface area contributed by atoms with Crippen LogP contribution in [0.15, 0.2) is 40.4 Å². The Morgan fingerprint density at radius 3 is 2.69 bits per heavy atom. The van der Waals surface area contributed by atoms with E-state index in [9.17, 15) is 4.79 Å². The van der Waals surface area contributed by atoms with Crippen molar-refractivity contribution in [3.05, 3.63) is 41.7 Å². The Labute approximate surface area is 154 Å². The van der Waals surface area contributed by atoms with Crippen molar-refractivity contribution in [3.63, 3.8) is 0 Å². The normalized spacial score (nSPS) is 14.2. The summed E-state index contributed by atoms with van der Waals surface area (Å²) in [6.45, 7) is 4.70. The molecule has 138 valence electrons. The zero-order valence-corrected chi connectivity index (χ0v) is 15.4. The number of carbonyl (C=O) groups excluding carboxylic acids is 1. The van der Waals surface area contributed by atoms with E-state index in [1.807, 2.05) is 38.1 Å². The van der Waals surface area contributed by atoms with Gasteiger partial charge >= 0.3 is 6.03 Å². The molecule has 0 saturated heterocycles. The monoisotopic (exact) mass is 354 g/mol. The molecule has 2 aromatic rings. The zero-order valence-electron chi connectivity index (χ0n) is 15.4. The first-order chi connectivity index (χ1) is 12.6. The van der Waals surface area contributed by atoms with E-state index in [0.717, 1.165) is 17.7 Å². The Morgan fingerprint density at radius 1 is 1.23 bits per heavy atom. The standard InChI is InChI=1S/C20H26N4O2/c1-14(2)18-23-19(26-24-18)16-8-10-17(11-9-16)22-20(25)21-13-12-15-6-4-3-5-7-15/h6,8-11,14H,3-5,7,12-13H2,1-2H3,(H2,21,22,25). The smallest absolute Gasteiger partial charge is 0.319 e. The van der Waals surface area contributed by atoms with Gasteiger partial charge in [0, 0.05) is 23.7 Å². The lowest BCUT2D eigenvalue weighted by Crippen LogP contribution is -2.29. The SMILES string of the molecule is CC(C)c1noc(-c2ccc(NC(=O)NCCC3=CCCCC3)cc2)n1. The number of carbonyl (C=O) groups is 1. The van der Waals surface area contributed by atoms with Gasteiger partial charge in [-0.3, -0.25) is 0 Å². The van der Waals surface area contributed by atoms with Crippen LogP contribution < -0.4 is 10.6 Å². The van der Waals surface area contributed by atoms with Gasteiger partial charge < -0.3 is 15.2 Å². The van der Waals surface area contributed by atoms with Crippen molar-refractivity contribution < 1.29 is 9.32 Å². The highest BCUT2D eigenvalue weighted by Crippen LogP contribution is 2.22. The number of anilines is 1. The van der Waals surface area contributed by atoms with Crippen molar-refractivity contribution in [2.75, 3.05) is 11.9 Å². The second kappa shape index (κ2) is 8.65. The van der Waals surface area contributed by atoms with Crippen molar-refractivity contribution in [3.8, 4) is 11.5 Å². The molecule has 3 rings (SSSR count). The molecule has 6 heteroatoms. The molecule has 1 aromatic heterocycles. The zero-order chi connectivity index (χ0) is 18.4. The fourth-order valence-electron chi connectivity index (χ4n) is 2.93. The van der Waals surface area contributed by atoms with E-state index < -0.39 is 0 Å². The average Bonchev–Trinajstić information content (AvgIpc) is 3.14. The molecule has 0 unspecified atom stereocenters. The number of aromatic nitrogens is 2. The lowest BCUT2D eigenvalue weighted by Gasteiger charge is -2.13. The highest BCUT2D eigenvalue weighted by Gasteiger charge is 2.11. The molecule has 1 aromatic carbocycles. The Bertz CT molecular complexity index is 762. The van der Waals surface area contributed by atoms with Crippen LogP contribution in [0.25, 0.3) is 11.5 Å². The predicted molar refractivity (Wildman–Crippen MR) is 102 cm³/mol. The van der Waals surface area contributed by atoms with Crippen LogP contribution in [-0.4, -0.2) is 22.7 Å². The minimum atomic E-state index is -0.186. The molecule has 1 heterocycles. The molecule has 1 aliphatic rings. The molecule has 26 heavy (non-hydrogen) atoms. The van der Waals surface area contributed by atoms with Crippen LogP contribution in [0.4, 0.5) is 10.5 Å². The van der Waals surface area contributed by atoms with Crippen LogP contribution in [0.3, 0.4) is 0 Å². The molecule has 0 radical (unpaired) electrons. The summed E-state index contributed by atoms with van der Waals surface area (Å²) >= 11 is 0. The van der Waals surface area contributed by atoms with Gasteiger partial charge in [0.25, 0.3) is 5.89 Å². The average molecular weight is 354 g/mol. The van der Waals surface area contributed by atoms with Gasteiger partial charge in [0.15, 0.2) is 5.82 Å². The summed E-state index contributed by atoms with van der Waals surface area (Å²) in [5, 5.41) is 9.72. The van der Waals surface area contributed by atoms with Gasteiger partial charge in [-0.1, -0.05) is 30.7 Å². The van der Waals surface area contributed by atoms with Crippen LogP contribution in [0.5, 0.6) is 0 Å². The maximum absolute atomic E-state index is 12.0. The van der Waals surface area contributed by atoms with Crippen LogP contribution >= 0.6 is 0 Å². The number of amides is 2. The van der Waals surface area contributed by atoms with Crippen LogP contribution in [0, 0.1) is 0 Å². The maximum atomic E-state index is 12.0. The van der Waals surface area contributed by atoms with Gasteiger partial charge in [-0.15, -0.1) is 0 Å². The van der Waals surface area contributed by atoms with Crippen molar-refractivity contribution in [2.45, 2.75) is 51.9 Å². The quantitative estimate of drug-likeness (QED) is 0.725. The predicted octanol–water partition coefficient (Wildman–Crippen LogP) is 4.87.